The summed E-state index contributed by atoms with van der Waals surface area (Å²) < 4.78 is 1.15. The Labute approximate surface area is 118 Å². The maximum absolute atomic E-state index is 12.0. The van der Waals surface area contributed by atoms with Gasteiger partial charge >= 0.3 is 0 Å². The van der Waals surface area contributed by atoms with Crippen LogP contribution in [0.5, 0.6) is 0 Å². The first-order valence-electron chi connectivity index (χ1n) is 5.05. The normalized spacial score (nSPS) is 10.2. The zero-order chi connectivity index (χ0) is 12.3. The molecule has 0 saturated heterocycles. The molecule has 0 aliphatic carbocycles. The molecule has 0 bridgehead atoms. The molecule has 1 aromatic carbocycles. The van der Waals surface area contributed by atoms with Gasteiger partial charge < -0.3 is 0 Å². The molecule has 0 aliphatic heterocycles. The van der Waals surface area contributed by atoms with E-state index in [1.165, 1.54) is 0 Å². The predicted octanol–water partition coefficient (Wildman–Crippen LogP) is 3.77. The van der Waals surface area contributed by atoms with E-state index in [9.17, 15) is 4.79 Å². The van der Waals surface area contributed by atoms with Crippen molar-refractivity contribution in [2.75, 3.05) is 0 Å². The van der Waals surface area contributed by atoms with Crippen LogP contribution >= 0.6 is 34.2 Å². The van der Waals surface area contributed by atoms with Gasteiger partial charge in [0.2, 0.25) is 0 Å². The van der Waals surface area contributed by atoms with E-state index in [0.717, 1.165) is 9.13 Å². The van der Waals surface area contributed by atoms with Crippen LogP contribution in [0.2, 0.25) is 5.02 Å². The molecule has 0 radical (unpaired) electrons. The first kappa shape index (κ1) is 12.5. The highest BCUT2D eigenvalue weighted by molar-refractivity contribution is 14.1. The van der Waals surface area contributed by atoms with Gasteiger partial charge in [0.1, 0.15) is 5.69 Å². The molecule has 0 atom stereocenters. The number of hydrogen-bond donors (Lipinski definition) is 0. The Morgan fingerprint density at radius 2 is 1.94 bits per heavy atom. The van der Waals surface area contributed by atoms with Crippen LogP contribution in [0.25, 0.3) is 0 Å². The molecular formula is C13H9ClINO. The molecule has 1 aromatic heterocycles. The Morgan fingerprint density at radius 1 is 1.24 bits per heavy atom. The van der Waals surface area contributed by atoms with Crippen molar-refractivity contribution in [2.24, 2.45) is 0 Å². The maximum Gasteiger partial charge on any atom is 0.187 e. The van der Waals surface area contributed by atoms with Crippen LogP contribution in [-0.2, 0) is 6.42 Å². The number of Topliss-reactive ketones (excluding diaryl/α,β-unsaturated/α-hetero) is 1. The number of ketones is 1. The second-order valence-corrected chi connectivity index (χ2v) is 5.21. The highest BCUT2D eigenvalue weighted by atomic mass is 127. The van der Waals surface area contributed by atoms with Gasteiger partial charge in [0, 0.05) is 16.2 Å². The second-order valence-electron chi connectivity index (χ2n) is 3.56. The molecule has 2 rings (SSSR count). The molecular weight excluding hydrogens is 349 g/mol. The Morgan fingerprint density at radius 3 is 2.59 bits per heavy atom. The zero-order valence-corrected chi connectivity index (χ0v) is 11.8. The summed E-state index contributed by atoms with van der Waals surface area (Å²) in [5.41, 5.74) is 1.31. The Kier molecular flexibility index (Phi) is 4.12. The molecule has 0 spiro atoms. The first-order valence-corrected chi connectivity index (χ1v) is 6.50. The Balaban J connectivity index is 2.17. The van der Waals surface area contributed by atoms with Gasteiger partial charge in [-0.1, -0.05) is 23.7 Å². The molecule has 0 saturated carbocycles. The molecule has 2 aromatic rings. The summed E-state index contributed by atoms with van der Waals surface area (Å²) in [7, 11) is 0. The standard InChI is InChI=1S/C13H9ClINO/c14-11-2-1-7-16-13(11)12(17)8-9-3-5-10(15)6-4-9/h1-7H,8H2. The largest absolute Gasteiger partial charge is 0.292 e. The van der Waals surface area contributed by atoms with E-state index in [1.54, 1.807) is 18.3 Å². The van der Waals surface area contributed by atoms with Crippen molar-refractivity contribution in [3.05, 3.63) is 62.4 Å². The molecule has 0 aliphatic rings. The quantitative estimate of drug-likeness (QED) is 0.618. The summed E-state index contributed by atoms with van der Waals surface area (Å²) in [5.74, 6) is -0.0585. The topological polar surface area (TPSA) is 30.0 Å². The molecule has 2 nitrogen and oxygen atoms in total. The lowest BCUT2D eigenvalue weighted by atomic mass is 10.1. The summed E-state index contributed by atoms with van der Waals surface area (Å²) >= 11 is 8.15. The summed E-state index contributed by atoms with van der Waals surface area (Å²) in [4.78, 5) is 16.0. The number of pyridine rings is 1. The van der Waals surface area contributed by atoms with Gasteiger partial charge in [-0.05, 0) is 52.4 Å². The lowest BCUT2D eigenvalue weighted by Crippen LogP contribution is -2.06. The molecule has 86 valence electrons. The molecule has 0 N–H and O–H groups in total. The number of aromatic nitrogens is 1. The fraction of sp³-hybridized carbons (Fsp3) is 0.0769. The van der Waals surface area contributed by atoms with Crippen LogP contribution in [0.4, 0.5) is 0 Å². The van der Waals surface area contributed by atoms with Crippen LogP contribution in [0.15, 0.2) is 42.6 Å². The van der Waals surface area contributed by atoms with Crippen molar-refractivity contribution >= 4 is 40.0 Å². The average molecular weight is 358 g/mol. The van der Waals surface area contributed by atoms with E-state index >= 15 is 0 Å². The van der Waals surface area contributed by atoms with Gasteiger partial charge in [-0.25, -0.2) is 0 Å². The van der Waals surface area contributed by atoms with E-state index in [4.69, 9.17) is 11.6 Å². The van der Waals surface area contributed by atoms with Crippen molar-refractivity contribution in [1.82, 2.24) is 4.98 Å². The highest BCUT2D eigenvalue weighted by Gasteiger charge is 2.11. The fourth-order valence-corrected chi connectivity index (χ4v) is 2.05. The van der Waals surface area contributed by atoms with E-state index in [0.29, 0.717) is 17.1 Å². The zero-order valence-electron chi connectivity index (χ0n) is 8.86. The number of nitrogens with zero attached hydrogens (tertiary/aromatic N) is 1. The van der Waals surface area contributed by atoms with Crippen LogP contribution < -0.4 is 0 Å². The number of halogens is 2. The van der Waals surface area contributed by atoms with Gasteiger partial charge in [-0.3, -0.25) is 9.78 Å². The van der Waals surface area contributed by atoms with Gasteiger partial charge in [-0.2, -0.15) is 0 Å². The van der Waals surface area contributed by atoms with Crippen molar-refractivity contribution in [2.45, 2.75) is 6.42 Å². The number of rotatable bonds is 3. The molecule has 17 heavy (non-hydrogen) atoms. The van der Waals surface area contributed by atoms with Gasteiger partial charge in [0.05, 0.1) is 5.02 Å². The fourth-order valence-electron chi connectivity index (χ4n) is 1.46. The van der Waals surface area contributed by atoms with Gasteiger partial charge in [0.15, 0.2) is 5.78 Å². The van der Waals surface area contributed by atoms with Crippen molar-refractivity contribution in [1.29, 1.82) is 0 Å². The van der Waals surface area contributed by atoms with E-state index < -0.39 is 0 Å². The summed E-state index contributed by atoms with van der Waals surface area (Å²) in [6.45, 7) is 0. The predicted molar refractivity (Wildman–Crippen MR) is 76.4 cm³/mol. The van der Waals surface area contributed by atoms with Crippen LogP contribution in [0.1, 0.15) is 16.1 Å². The molecule has 1 heterocycles. The lowest BCUT2D eigenvalue weighted by molar-refractivity contribution is 0.0988. The minimum atomic E-state index is -0.0585. The van der Waals surface area contributed by atoms with Crippen LogP contribution in [0.3, 0.4) is 0 Å². The molecule has 0 amide bonds. The third-order valence-electron chi connectivity index (χ3n) is 2.30. The third-order valence-corrected chi connectivity index (χ3v) is 3.32. The van der Waals surface area contributed by atoms with Crippen LogP contribution in [-0.4, -0.2) is 10.8 Å². The van der Waals surface area contributed by atoms with E-state index in [2.05, 4.69) is 27.6 Å². The first-order chi connectivity index (χ1) is 8.16. The molecule has 4 heteroatoms. The molecule has 0 fully saturated rings. The Hall–Kier alpha value is -0.940. The van der Waals surface area contributed by atoms with Gasteiger partial charge in [0.25, 0.3) is 0 Å². The SMILES string of the molecule is O=C(Cc1ccc(I)cc1)c1ncccc1Cl. The minimum Gasteiger partial charge on any atom is -0.292 e. The van der Waals surface area contributed by atoms with Crippen molar-refractivity contribution < 1.29 is 4.79 Å². The van der Waals surface area contributed by atoms with E-state index in [-0.39, 0.29) is 5.78 Å². The van der Waals surface area contributed by atoms with Crippen molar-refractivity contribution in [3.8, 4) is 0 Å². The monoisotopic (exact) mass is 357 g/mol. The number of carbonyl (C=O) groups excluding carboxylic acids is 1. The third kappa shape index (κ3) is 3.26. The van der Waals surface area contributed by atoms with Gasteiger partial charge in [-0.15, -0.1) is 0 Å². The Bertz CT molecular complexity index is 539. The van der Waals surface area contributed by atoms with Crippen LogP contribution in [0, 0.1) is 3.57 Å². The summed E-state index contributed by atoms with van der Waals surface area (Å²) in [6.07, 6.45) is 1.90. The lowest BCUT2D eigenvalue weighted by Gasteiger charge is -2.02. The number of carbonyl (C=O) groups is 1. The average Bonchev–Trinajstić information content (AvgIpc) is 2.32. The highest BCUT2D eigenvalue weighted by Crippen LogP contribution is 2.15. The second kappa shape index (κ2) is 5.60. The number of benzene rings is 1. The molecule has 0 unspecified atom stereocenters. The number of hydrogen-bond acceptors (Lipinski definition) is 2. The van der Waals surface area contributed by atoms with E-state index in [1.807, 2.05) is 24.3 Å². The maximum atomic E-state index is 12.0. The smallest absolute Gasteiger partial charge is 0.187 e. The summed E-state index contributed by atoms with van der Waals surface area (Å²) in [6, 6.07) is 11.2. The van der Waals surface area contributed by atoms with Crippen molar-refractivity contribution in [3.63, 3.8) is 0 Å². The minimum absolute atomic E-state index is 0.0585. The summed E-state index contributed by atoms with van der Waals surface area (Å²) in [5, 5.41) is 0.406.